The lowest BCUT2D eigenvalue weighted by atomic mass is 10.1. The molecule has 0 saturated heterocycles. The number of methoxy groups -OCH3 is 2. The lowest BCUT2D eigenvalue weighted by Crippen LogP contribution is -2.16. The van der Waals surface area contributed by atoms with E-state index in [0.29, 0.717) is 0 Å². The van der Waals surface area contributed by atoms with Crippen molar-refractivity contribution in [3.63, 3.8) is 0 Å². The van der Waals surface area contributed by atoms with Gasteiger partial charge in [0.1, 0.15) is 11.3 Å². The molecule has 1 aromatic carbocycles. The molecule has 1 amide bonds. The Balaban J connectivity index is 3.51. The zero-order valence-electron chi connectivity index (χ0n) is 8.33. The van der Waals surface area contributed by atoms with Gasteiger partial charge in [0, 0.05) is 6.07 Å². The van der Waals surface area contributed by atoms with Gasteiger partial charge in [-0.15, -0.1) is 0 Å². The van der Waals surface area contributed by atoms with E-state index in [-0.39, 0.29) is 22.7 Å². The van der Waals surface area contributed by atoms with Crippen molar-refractivity contribution in [2.75, 3.05) is 20.0 Å². The Bertz CT molecular complexity index is 407. The van der Waals surface area contributed by atoms with Crippen LogP contribution in [-0.4, -0.2) is 20.1 Å². The van der Waals surface area contributed by atoms with Crippen molar-refractivity contribution in [1.82, 2.24) is 0 Å². The van der Waals surface area contributed by atoms with Gasteiger partial charge in [-0.1, -0.05) is 0 Å². The summed E-state index contributed by atoms with van der Waals surface area (Å²) in [6.45, 7) is 0. The molecule has 0 aliphatic rings. The van der Waals surface area contributed by atoms with Crippen LogP contribution in [0.2, 0.25) is 0 Å². The predicted octanol–water partition coefficient (Wildman–Crippen LogP) is 0.524. The zero-order valence-corrected chi connectivity index (χ0v) is 8.33. The largest absolute Gasteiger partial charge is 0.496 e. The summed E-state index contributed by atoms with van der Waals surface area (Å²) in [5.74, 6) is -1.70. The van der Waals surface area contributed by atoms with Crippen LogP contribution >= 0.6 is 0 Å². The topological polar surface area (TPSA) is 87.6 Å². The standard InChI is InChI=1S/C9H11FN2O3/c1-14-4-3-5(15-2)7(10)8(11)6(4)9(12)13/h3H,11H2,1-2H3,(H2,12,13). The van der Waals surface area contributed by atoms with Gasteiger partial charge in [0.15, 0.2) is 11.6 Å². The molecule has 0 aliphatic heterocycles. The number of anilines is 1. The van der Waals surface area contributed by atoms with E-state index in [4.69, 9.17) is 20.9 Å². The van der Waals surface area contributed by atoms with Crippen LogP contribution < -0.4 is 20.9 Å². The third-order valence-corrected chi connectivity index (χ3v) is 1.92. The molecule has 0 atom stereocenters. The molecular formula is C9H11FN2O3. The minimum atomic E-state index is -0.856. The van der Waals surface area contributed by atoms with E-state index in [1.165, 1.54) is 20.3 Å². The Labute approximate surface area is 85.8 Å². The maximum atomic E-state index is 13.4. The second-order valence-electron chi connectivity index (χ2n) is 2.75. The molecule has 0 unspecified atom stereocenters. The van der Waals surface area contributed by atoms with Gasteiger partial charge in [-0.05, 0) is 0 Å². The zero-order chi connectivity index (χ0) is 11.6. The van der Waals surface area contributed by atoms with E-state index in [9.17, 15) is 9.18 Å². The highest BCUT2D eigenvalue weighted by molar-refractivity contribution is 6.01. The van der Waals surface area contributed by atoms with Gasteiger partial charge >= 0.3 is 0 Å². The highest BCUT2D eigenvalue weighted by Crippen LogP contribution is 2.33. The number of primary amides is 1. The fraction of sp³-hybridized carbons (Fsp3) is 0.222. The van der Waals surface area contributed by atoms with Gasteiger partial charge in [-0.2, -0.15) is 0 Å². The molecule has 0 saturated carbocycles. The van der Waals surface area contributed by atoms with E-state index < -0.39 is 11.7 Å². The normalized spacial score (nSPS) is 9.80. The number of ether oxygens (including phenoxy) is 2. The van der Waals surface area contributed by atoms with Gasteiger partial charge in [0.2, 0.25) is 0 Å². The molecule has 4 N–H and O–H groups in total. The quantitative estimate of drug-likeness (QED) is 0.718. The molecular weight excluding hydrogens is 203 g/mol. The maximum absolute atomic E-state index is 13.4. The van der Waals surface area contributed by atoms with Gasteiger partial charge in [-0.25, -0.2) is 4.39 Å². The Morgan fingerprint density at radius 1 is 1.33 bits per heavy atom. The Kier molecular flexibility index (Phi) is 2.99. The number of halogens is 1. The van der Waals surface area contributed by atoms with Crippen molar-refractivity contribution < 1.29 is 18.7 Å². The Morgan fingerprint density at radius 2 is 1.87 bits per heavy atom. The summed E-state index contributed by atoms with van der Waals surface area (Å²) in [7, 11) is 2.60. The second kappa shape index (κ2) is 4.04. The first kappa shape index (κ1) is 11.1. The molecule has 15 heavy (non-hydrogen) atoms. The van der Waals surface area contributed by atoms with Crippen LogP contribution in [0.3, 0.4) is 0 Å². The average Bonchev–Trinajstić information content (AvgIpc) is 2.20. The van der Waals surface area contributed by atoms with E-state index in [0.717, 1.165) is 0 Å². The summed E-state index contributed by atoms with van der Waals surface area (Å²) in [6, 6.07) is 1.21. The summed E-state index contributed by atoms with van der Waals surface area (Å²) >= 11 is 0. The molecule has 0 spiro atoms. The number of carbonyl (C=O) groups excluding carboxylic acids is 1. The predicted molar refractivity (Wildman–Crippen MR) is 52.4 cm³/mol. The molecule has 0 aromatic heterocycles. The number of nitrogen functional groups attached to an aromatic ring is 1. The van der Waals surface area contributed by atoms with E-state index in [1.54, 1.807) is 0 Å². The first-order valence-electron chi connectivity index (χ1n) is 4.02. The fourth-order valence-electron chi connectivity index (χ4n) is 1.19. The SMILES string of the molecule is COc1cc(OC)c(C(N)=O)c(N)c1F. The maximum Gasteiger partial charge on any atom is 0.254 e. The molecule has 0 aliphatic carbocycles. The first-order chi connectivity index (χ1) is 7.02. The van der Waals surface area contributed by atoms with Crippen molar-refractivity contribution in [2.45, 2.75) is 0 Å². The summed E-state index contributed by atoms with van der Waals surface area (Å²) in [4.78, 5) is 11.0. The van der Waals surface area contributed by atoms with Crippen molar-refractivity contribution >= 4 is 11.6 Å². The molecule has 82 valence electrons. The fourth-order valence-corrected chi connectivity index (χ4v) is 1.19. The van der Waals surface area contributed by atoms with Crippen LogP contribution in [0.5, 0.6) is 11.5 Å². The minimum absolute atomic E-state index is 0.0817. The lowest BCUT2D eigenvalue weighted by molar-refractivity contribution is 0.0998. The number of benzene rings is 1. The average molecular weight is 214 g/mol. The molecule has 0 radical (unpaired) electrons. The molecule has 1 rings (SSSR count). The molecule has 5 nitrogen and oxygen atoms in total. The minimum Gasteiger partial charge on any atom is -0.496 e. The van der Waals surface area contributed by atoms with E-state index in [2.05, 4.69) is 0 Å². The summed E-state index contributed by atoms with van der Waals surface area (Å²) in [5.41, 5.74) is 9.88. The highest BCUT2D eigenvalue weighted by atomic mass is 19.1. The second-order valence-corrected chi connectivity index (χ2v) is 2.75. The van der Waals surface area contributed by atoms with Gasteiger partial charge in [0.05, 0.1) is 19.9 Å². The van der Waals surface area contributed by atoms with Gasteiger partial charge < -0.3 is 20.9 Å². The smallest absolute Gasteiger partial charge is 0.254 e. The number of hydrogen-bond acceptors (Lipinski definition) is 4. The summed E-state index contributed by atoms with van der Waals surface area (Å²) in [6.07, 6.45) is 0. The van der Waals surface area contributed by atoms with Crippen LogP contribution in [-0.2, 0) is 0 Å². The van der Waals surface area contributed by atoms with Crippen LogP contribution in [0, 0.1) is 5.82 Å². The monoisotopic (exact) mass is 214 g/mol. The Morgan fingerprint density at radius 3 is 2.27 bits per heavy atom. The van der Waals surface area contributed by atoms with Crippen LogP contribution in [0.4, 0.5) is 10.1 Å². The van der Waals surface area contributed by atoms with Crippen molar-refractivity contribution in [2.24, 2.45) is 5.73 Å². The van der Waals surface area contributed by atoms with Crippen LogP contribution in [0.1, 0.15) is 10.4 Å². The van der Waals surface area contributed by atoms with Crippen molar-refractivity contribution in [3.8, 4) is 11.5 Å². The Hall–Kier alpha value is -1.98. The van der Waals surface area contributed by atoms with Crippen LogP contribution in [0.15, 0.2) is 6.07 Å². The van der Waals surface area contributed by atoms with Gasteiger partial charge in [0.25, 0.3) is 5.91 Å². The summed E-state index contributed by atoms with van der Waals surface area (Å²) < 4.78 is 23.0. The van der Waals surface area contributed by atoms with E-state index >= 15 is 0 Å². The number of amides is 1. The highest BCUT2D eigenvalue weighted by Gasteiger charge is 2.20. The van der Waals surface area contributed by atoms with Crippen molar-refractivity contribution in [3.05, 3.63) is 17.4 Å². The van der Waals surface area contributed by atoms with E-state index in [1.807, 2.05) is 0 Å². The lowest BCUT2D eigenvalue weighted by Gasteiger charge is -2.12. The molecule has 0 fully saturated rings. The van der Waals surface area contributed by atoms with Crippen molar-refractivity contribution in [1.29, 1.82) is 0 Å². The molecule has 0 heterocycles. The summed E-state index contributed by atoms with van der Waals surface area (Å²) in [5, 5.41) is 0. The number of nitrogens with two attached hydrogens (primary N) is 2. The third-order valence-electron chi connectivity index (χ3n) is 1.92. The van der Waals surface area contributed by atoms with Crippen LogP contribution in [0.25, 0.3) is 0 Å². The molecule has 1 aromatic rings. The number of carbonyl (C=O) groups is 1. The molecule has 0 bridgehead atoms. The third kappa shape index (κ3) is 1.78. The molecule has 6 heteroatoms. The first-order valence-corrected chi connectivity index (χ1v) is 4.02. The number of rotatable bonds is 3. The number of hydrogen-bond donors (Lipinski definition) is 2. The van der Waals surface area contributed by atoms with Gasteiger partial charge in [-0.3, -0.25) is 4.79 Å².